The van der Waals surface area contributed by atoms with Gasteiger partial charge in [-0.05, 0) is 13.8 Å². The molecule has 0 saturated carbocycles. The molecule has 0 aliphatic rings. The molecule has 2 N–H and O–H groups in total. The second-order valence-electron chi connectivity index (χ2n) is 2.92. The number of guanidine groups is 1. The van der Waals surface area contributed by atoms with E-state index < -0.39 is 0 Å². The molecule has 0 bridgehead atoms. The van der Waals surface area contributed by atoms with Crippen LogP contribution in [0.25, 0.3) is 0 Å². The van der Waals surface area contributed by atoms with Crippen molar-refractivity contribution in [3.8, 4) is 0 Å². The highest BCUT2D eigenvalue weighted by atomic mass is 32.2. The van der Waals surface area contributed by atoms with Crippen molar-refractivity contribution in [2.75, 3.05) is 38.2 Å². The number of esters is 1. The molecule has 0 aromatic heterocycles. The van der Waals surface area contributed by atoms with E-state index in [-0.39, 0.29) is 5.97 Å². The number of hydrogen-bond donors (Lipinski definition) is 2. The van der Waals surface area contributed by atoms with Gasteiger partial charge in [-0.1, -0.05) is 0 Å². The fourth-order valence-electron chi connectivity index (χ4n) is 0.946. The van der Waals surface area contributed by atoms with Crippen LogP contribution in [0.15, 0.2) is 4.99 Å². The van der Waals surface area contributed by atoms with Crippen LogP contribution in [0.5, 0.6) is 0 Å². The predicted molar refractivity (Wildman–Crippen MR) is 69.0 cm³/mol. The van der Waals surface area contributed by atoms with Crippen molar-refractivity contribution >= 4 is 23.7 Å². The highest BCUT2D eigenvalue weighted by molar-refractivity contribution is 7.99. The van der Waals surface area contributed by atoms with E-state index in [1.54, 1.807) is 0 Å². The molecule has 0 aliphatic carbocycles. The fraction of sp³-hybridized carbons (Fsp3) is 0.800. The molecule has 0 aromatic carbocycles. The summed E-state index contributed by atoms with van der Waals surface area (Å²) < 4.78 is 4.53. The van der Waals surface area contributed by atoms with Crippen molar-refractivity contribution in [3.05, 3.63) is 0 Å². The summed E-state index contributed by atoms with van der Waals surface area (Å²) in [6, 6.07) is 0. The summed E-state index contributed by atoms with van der Waals surface area (Å²) in [6.07, 6.45) is 0. The normalized spacial score (nSPS) is 9.44. The number of ether oxygens (including phenoxy) is 1. The van der Waals surface area contributed by atoms with Crippen LogP contribution in [0.3, 0.4) is 0 Å². The van der Waals surface area contributed by atoms with E-state index in [9.17, 15) is 4.79 Å². The number of carbonyl (C=O) groups is 1. The summed E-state index contributed by atoms with van der Waals surface area (Å²) in [5, 5.41) is 6.26. The smallest absolute Gasteiger partial charge is 0.315 e. The maximum atomic E-state index is 10.8. The second kappa shape index (κ2) is 10.6. The molecule has 0 aliphatic heterocycles. The quantitative estimate of drug-likeness (QED) is 0.296. The molecular formula is C10H21N3O2S. The number of thioether (sulfide) groups is 1. The lowest BCUT2D eigenvalue weighted by molar-refractivity contribution is -0.137. The Hall–Kier alpha value is -0.910. The summed E-state index contributed by atoms with van der Waals surface area (Å²) in [4.78, 5) is 15.2. The molecule has 0 fully saturated rings. The largest absolute Gasteiger partial charge is 0.468 e. The van der Waals surface area contributed by atoms with Gasteiger partial charge in [0, 0.05) is 18.8 Å². The molecular weight excluding hydrogens is 226 g/mol. The van der Waals surface area contributed by atoms with Crippen molar-refractivity contribution in [1.82, 2.24) is 10.6 Å². The third-order valence-corrected chi connectivity index (χ3v) is 2.55. The highest BCUT2D eigenvalue weighted by Crippen LogP contribution is 1.99. The lowest BCUT2D eigenvalue weighted by Gasteiger charge is -2.08. The summed E-state index contributed by atoms with van der Waals surface area (Å²) >= 11 is 1.53. The molecule has 0 spiro atoms. The Bertz CT molecular complexity index is 214. The number of nitrogens with one attached hydrogen (secondary N) is 2. The Morgan fingerprint density at radius 1 is 1.31 bits per heavy atom. The minimum atomic E-state index is -0.187. The molecule has 0 atom stereocenters. The summed E-state index contributed by atoms with van der Waals surface area (Å²) in [7, 11) is 1.40. The molecule has 0 rings (SSSR count). The van der Waals surface area contributed by atoms with Crippen molar-refractivity contribution in [1.29, 1.82) is 0 Å². The highest BCUT2D eigenvalue weighted by Gasteiger charge is 1.99. The first-order valence-electron chi connectivity index (χ1n) is 5.41. The first kappa shape index (κ1) is 15.1. The lowest BCUT2D eigenvalue weighted by Crippen LogP contribution is -2.37. The van der Waals surface area contributed by atoms with Crippen molar-refractivity contribution in [2.24, 2.45) is 4.99 Å². The Morgan fingerprint density at radius 2 is 1.94 bits per heavy atom. The molecule has 0 saturated heterocycles. The van der Waals surface area contributed by atoms with Crippen LogP contribution in [-0.4, -0.2) is 50.2 Å². The molecule has 94 valence electrons. The van der Waals surface area contributed by atoms with Crippen LogP contribution in [0.2, 0.25) is 0 Å². The number of nitrogens with zero attached hydrogens (tertiary/aromatic N) is 1. The Labute approximate surface area is 101 Å². The van der Waals surface area contributed by atoms with Crippen LogP contribution in [0, 0.1) is 0 Å². The van der Waals surface area contributed by atoms with E-state index in [4.69, 9.17) is 0 Å². The third kappa shape index (κ3) is 8.40. The van der Waals surface area contributed by atoms with E-state index >= 15 is 0 Å². The van der Waals surface area contributed by atoms with Gasteiger partial charge in [-0.2, -0.15) is 0 Å². The fourth-order valence-corrected chi connectivity index (χ4v) is 1.59. The predicted octanol–water partition coefficient (Wildman–Crippen LogP) is 0.468. The van der Waals surface area contributed by atoms with Crippen LogP contribution < -0.4 is 10.6 Å². The van der Waals surface area contributed by atoms with Crippen LogP contribution in [-0.2, 0) is 9.53 Å². The number of aliphatic imine (C=N–C) groups is 1. The van der Waals surface area contributed by atoms with Gasteiger partial charge >= 0.3 is 5.97 Å². The van der Waals surface area contributed by atoms with Crippen molar-refractivity contribution in [3.63, 3.8) is 0 Å². The first-order valence-corrected chi connectivity index (χ1v) is 6.56. The van der Waals surface area contributed by atoms with Gasteiger partial charge in [-0.25, -0.2) is 0 Å². The molecule has 5 nitrogen and oxygen atoms in total. The Balaban J connectivity index is 3.65. The number of rotatable bonds is 7. The van der Waals surface area contributed by atoms with Crippen LogP contribution in [0.4, 0.5) is 0 Å². The maximum absolute atomic E-state index is 10.8. The first-order chi connectivity index (χ1) is 7.74. The summed E-state index contributed by atoms with van der Waals surface area (Å²) in [5.74, 6) is 1.84. The summed E-state index contributed by atoms with van der Waals surface area (Å²) in [5.41, 5.74) is 0. The van der Waals surface area contributed by atoms with Gasteiger partial charge in [0.2, 0.25) is 0 Å². The molecule has 6 heteroatoms. The monoisotopic (exact) mass is 247 g/mol. The van der Waals surface area contributed by atoms with Gasteiger partial charge < -0.3 is 15.4 Å². The zero-order valence-electron chi connectivity index (χ0n) is 10.2. The van der Waals surface area contributed by atoms with E-state index in [1.807, 2.05) is 13.8 Å². The average Bonchev–Trinajstić information content (AvgIpc) is 2.28. The van der Waals surface area contributed by atoms with Crippen molar-refractivity contribution in [2.45, 2.75) is 13.8 Å². The number of hydrogen-bond acceptors (Lipinski definition) is 4. The summed E-state index contributed by atoms with van der Waals surface area (Å²) in [6.45, 7) is 6.44. The van der Waals surface area contributed by atoms with Crippen LogP contribution in [0.1, 0.15) is 13.8 Å². The molecule has 0 amide bonds. The van der Waals surface area contributed by atoms with Gasteiger partial charge in [0.05, 0.1) is 19.4 Å². The molecule has 0 unspecified atom stereocenters. The Kier molecular flexibility index (Phi) is 10.00. The van der Waals surface area contributed by atoms with Gasteiger partial charge in [0.25, 0.3) is 0 Å². The van der Waals surface area contributed by atoms with Gasteiger partial charge in [-0.15, -0.1) is 11.8 Å². The number of methoxy groups -OCH3 is 1. The van der Waals surface area contributed by atoms with Crippen LogP contribution >= 0.6 is 11.8 Å². The van der Waals surface area contributed by atoms with Gasteiger partial charge in [0.15, 0.2) is 5.96 Å². The minimum Gasteiger partial charge on any atom is -0.468 e. The third-order valence-electron chi connectivity index (χ3n) is 1.64. The zero-order valence-corrected chi connectivity index (χ0v) is 11.0. The molecule has 0 heterocycles. The Morgan fingerprint density at radius 3 is 2.44 bits per heavy atom. The zero-order chi connectivity index (χ0) is 12.2. The van der Waals surface area contributed by atoms with Crippen molar-refractivity contribution < 1.29 is 9.53 Å². The topological polar surface area (TPSA) is 62.7 Å². The maximum Gasteiger partial charge on any atom is 0.315 e. The minimum absolute atomic E-state index is 0.187. The molecule has 0 aromatic rings. The van der Waals surface area contributed by atoms with Gasteiger partial charge in [0.1, 0.15) is 0 Å². The van der Waals surface area contributed by atoms with E-state index in [1.165, 1.54) is 18.9 Å². The lowest BCUT2D eigenvalue weighted by atomic mass is 10.6. The van der Waals surface area contributed by atoms with E-state index in [2.05, 4.69) is 20.4 Å². The van der Waals surface area contributed by atoms with E-state index in [0.717, 1.165) is 24.8 Å². The van der Waals surface area contributed by atoms with Gasteiger partial charge in [-0.3, -0.25) is 9.79 Å². The molecule has 16 heavy (non-hydrogen) atoms. The second-order valence-corrected chi connectivity index (χ2v) is 4.02. The van der Waals surface area contributed by atoms with E-state index in [0.29, 0.717) is 12.3 Å². The average molecular weight is 247 g/mol. The SMILES string of the molecule is CCNC(=NCCSCC(=O)OC)NCC. The standard InChI is InChI=1S/C10H21N3O2S/c1-4-11-10(12-5-2)13-6-7-16-8-9(14)15-3/h4-8H2,1-3H3,(H2,11,12,13). The number of carbonyl (C=O) groups excluding carboxylic acids is 1. The molecule has 0 radical (unpaired) electrons.